The number of aliphatic hydroxyl groups excluding tert-OH is 1. The summed E-state index contributed by atoms with van der Waals surface area (Å²) >= 11 is 0. The highest BCUT2D eigenvalue weighted by Gasteiger charge is 2.47. The fourth-order valence-electron chi connectivity index (χ4n) is 4.87. The molecule has 2 bridgehead atoms. The number of nitrogens with one attached hydrogen (secondary N) is 1. The van der Waals surface area contributed by atoms with E-state index in [4.69, 9.17) is 9.73 Å². The van der Waals surface area contributed by atoms with Gasteiger partial charge in [0.25, 0.3) is 0 Å². The molecule has 29 heavy (non-hydrogen) atoms. The Kier molecular flexibility index (Phi) is 5.05. The number of methoxy groups -OCH3 is 1. The quantitative estimate of drug-likeness (QED) is 0.586. The van der Waals surface area contributed by atoms with Crippen LogP contribution in [0.2, 0.25) is 0 Å². The van der Waals surface area contributed by atoms with E-state index >= 15 is 0 Å². The first-order chi connectivity index (χ1) is 14.0. The van der Waals surface area contributed by atoms with Gasteiger partial charge in [0.05, 0.1) is 13.7 Å². The molecule has 2 unspecified atom stereocenters. The maximum Gasteiger partial charge on any atom is 0.119 e. The Morgan fingerprint density at radius 2 is 2.21 bits per heavy atom. The number of fused-ring (bicyclic) bond motifs is 3. The zero-order valence-corrected chi connectivity index (χ0v) is 17.3. The lowest BCUT2D eigenvalue weighted by Crippen LogP contribution is -2.44. The smallest absolute Gasteiger partial charge is 0.119 e. The molecule has 0 aromatic heterocycles. The maximum atomic E-state index is 9.83. The second-order valence-corrected chi connectivity index (χ2v) is 7.96. The summed E-state index contributed by atoms with van der Waals surface area (Å²) in [5.74, 6) is 1.07. The van der Waals surface area contributed by atoms with Crippen molar-refractivity contribution in [3.63, 3.8) is 0 Å². The summed E-state index contributed by atoms with van der Waals surface area (Å²) in [7, 11) is 1.63. The van der Waals surface area contributed by atoms with Crippen LogP contribution in [0.3, 0.4) is 0 Å². The predicted molar refractivity (Wildman–Crippen MR) is 118 cm³/mol. The Balaban J connectivity index is 1.85. The number of aliphatic hydroxyl groups is 1. The van der Waals surface area contributed by atoms with E-state index < -0.39 is 5.54 Å². The van der Waals surface area contributed by atoms with Crippen molar-refractivity contribution in [2.45, 2.75) is 38.8 Å². The van der Waals surface area contributed by atoms with Crippen LogP contribution in [0, 0.1) is 5.92 Å². The zero-order valence-electron chi connectivity index (χ0n) is 17.3. The van der Waals surface area contributed by atoms with E-state index in [0.717, 1.165) is 35.4 Å². The highest BCUT2D eigenvalue weighted by Crippen LogP contribution is 2.52. The number of ether oxygens (including phenoxy) is 1. The van der Waals surface area contributed by atoms with Crippen molar-refractivity contribution in [1.29, 1.82) is 0 Å². The van der Waals surface area contributed by atoms with Crippen LogP contribution >= 0.6 is 0 Å². The molecular formula is C25H28N2O2. The van der Waals surface area contributed by atoms with Crippen LogP contribution in [0.25, 0.3) is 0 Å². The minimum absolute atomic E-state index is 0.0567. The van der Waals surface area contributed by atoms with E-state index in [2.05, 4.69) is 44.0 Å². The van der Waals surface area contributed by atoms with Crippen LogP contribution in [-0.2, 0) is 6.61 Å². The summed E-state index contributed by atoms with van der Waals surface area (Å²) in [5.41, 5.74) is 7.35. The molecule has 0 saturated carbocycles. The molecule has 1 aromatic carbocycles. The van der Waals surface area contributed by atoms with E-state index in [1.165, 1.54) is 22.4 Å². The van der Waals surface area contributed by atoms with Crippen molar-refractivity contribution in [3.05, 3.63) is 88.3 Å². The van der Waals surface area contributed by atoms with E-state index in [9.17, 15) is 5.11 Å². The van der Waals surface area contributed by atoms with Gasteiger partial charge in [-0.2, -0.15) is 0 Å². The van der Waals surface area contributed by atoms with E-state index in [1.54, 1.807) is 7.11 Å². The maximum absolute atomic E-state index is 9.83. The lowest BCUT2D eigenvalue weighted by molar-refractivity contribution is 0.281. The van der Waals surface area contributed by atoms with Crippen molar-refractivity contribution < 1.29 is 9.84 Å². The Labute approximate surface area is 172 Å². The first-order valence-electron chi connectivity index (χ1n) is 10.1. The lowest BCUT2D eigenvalue weighted by atomic mass is 9.62. The highest BCUT2D eigenvalue weighted by molar-refractivity contribution is 5.83. The molecule has 1 aromatic rings. The van der Waals surface area contributed by atoms with Gasteiger partial charge in [-0.15, -0.1) is 0 Å². The summed E-state index contributed by atoms with van der Waals surface area (Å²) in [5, 5.41) is 13.3. The van der Waals surface area contributed by atoms with Gasteiger partial charge in [0.2, 0.25) is 0 Å². The lowest BCUT2D eigenvalue weighted by Gasteiger charge is -2.47. The fourth-order valence-corrected chi connectivity index (χ4v) is 4.87. The van der Waals surface area contributed by atoms with Gasteiger partial charge in [-0.25, -0.2) is 0 Å². The van der Waals surface area contributed by atoms with Crippen molar-refractivity contribution in [2.75, 3.05) is 7.11 Å². The average Bonchev–Trinajstić information content (AvgIpc) is 2.71. The third kappa shape index (κ3) is 3.28. The molecule has 4 rings (SSSR count). The second kappa shape index (κ2) is 7.53. The third-order valence-electron chi connectivity index (χ3n) is 6.11. The van der Waals surface area contributed by atoms with Crippen molar-refractivity contribution in [2.24, 2.45) is 10.9 Å². The van der Waals surface area contributed by atoms with Gasteiger partial charge in [-0.3, -0.25) is 4.99 Å². The number of hydrogen-bond acceptors (Lipinski definition) is 4. The Morgan fingerprint density at radius 3 is 2.93 bits per heavy atom. The third-order valence-corrected chi connectivity index (χ3v) is 6.11. The SMILES string of the molecule is C=C1C=CC2=C(CC3C=C(C)CC2(N=Cc2ccc(OC)cc2CO)/C3=C/C)N1. The Morgan fingerprint density at radius 1 is 1.38 bits per heavy atom. The molecule has 0 saturated heterocycles. The van der Waals surface area contributed by atoms with Crippen LogP contribution in [0.1, 0.15) is 37.8 Å². The molecular weight excluding hydrogens is 360 g/mol. The molecule has 3 aliphatic rings. The van der Waals surface area contributed by atoms with Gasteiger partial charge >= 0.3 is 0 Å². The average molecular weight is 389 g/mol. The number of rotatable bonds is 4. The molecule has 2 aliphatic carbocycles. The summed E-state index contributed by atoms with van der Waals surface area (Å²) in [6.07, 6.45) is 12.5. The molecule has 0 spiro atoms. The second-order valence-electron chi connectivity index (χ2n) is 7.96. The Bertz CT molecular complexity index is 1010. The van der Waals surface area contributed by atoms with Gasteiger partial charge in [-0.05, 0) is 61.2 Å². The predicted octanol–water partition coefficient (Wildman–Crippen LogP) is 4.59. The largest absolute Gasteiger partial charge is 0.497 e. The molecule has 2 N–H and O–H groups in total. The van der Waals surface area contributed by atoms with E-state index in [1.807, 2.05) is 30.5 Å². The van der Waals surface area contributed by atoms with Crippen molar-refractivity contribution in [1.82, 2.24) is 5.32 Å². The standard InChI is InChI=1S/C25H28N2O2/c1-5-22-19-10-16(2)13-25(22,23-9-6-17(3)27-24(23)12-19)26-14-18-7-8-21(29-4)11-20(18)15-28/h5-11,14,19,27-28H,3,12-13,15H2,1-2,4H3/b22-5+,26-14?. The molecule has 4 heteroatoms. The van der Waals surface area contributed by atoms with Crippen molar-refractivity contribution in [3.8, 4) is 5.75 Å². The summed E-state index contributed by atoms with van der Waals surface area (Å²) < 4.78 is 5.29. The molecule has 2 atom stereocenters. The normalized spacial score (nSPS) is 27.2. The van der Waals surface area contributed by atoms with Gasteiger partial charge in [0.15, 0.2) is 0 Å². The highest BCUT2D eigenvalue weighted by atomic mass is 16.5. The van der Waals surface area contributed by atoms with Crippen LogP contribution in [-0.4, -0.2) is 24.0 Å². The number of benzene rings is 1. The molecule has 150 valence electrons. The van der Waals surface area contributed by atoms with Gasteiger partial charge in [0.1, 0.15) is 11.3 Å². The minimum Gasteiger partial charge on any atom is -0.497 e. The van der Waals surface area contributed by atoms with Crippen molar-refractivity contribution >= 4 is 6.21 Å². The van der Waals surface area contributed by atoms with Crippen LogP contribution < -0.4 is 10.1 Å². The summed E-state index contributed by atoms with van der Waals surface area (Å²) in [4.78, 5) is 5.22. The molecule has 4 nitrogen and oxygen atoms in total. The van der Waals surface area contributed by atoms with E-state index in [-0.39, 0.29) is 6.61 Å². The number of nitrogens with zero attached hydrogens (tertiary/aromatic N) is 1. The number of dihydropyridines is 1. The molecule has 0 amide bonds. The van der Waals surface area contributed by atoms with E-state index in [0.29, 0.717) is 5.92 Å². The van der Waals surface area contributed by atoms with Crippen LogP contribution in [0.4, 0.5) is 0 Å². The number of allylic oxidation sites excluding steroid dienone is 4. The first-order valence-corrected chi connectivity index (χ1v) is 10.1. The first kappa shape index (κ1) is 19.5. The van der Waals surface area contributed by atoms with Gasteiger partial charge < -0.3 is 15.2 Å². The van der Waals surface area contributed by atoms with Gasteiger partial charge in [-0.1, -0.05) is 30.4 Å². The van der Waals surface area contributed by atoms with Crippen LogP contribution in [0.15, 0.2) is 82.2 Å². The molecule has 1 heterocycles. The fraction of sp³-hybridized carbons (Fsp3) is 0.320. The summed E-state index contributed by atoms with van der Waals surface area (Å²) in [6.45, 7) is 8.32. The Hall–Kier alpha value is -2.85. The molecule has 1 aliphatic heterocycles. The van der Waals surface area contributed by atoms with Gasteiger partial charge in [0, 0.05) is 35.5 Å². The topological polar surface area (TPSA) is 53.9 Å². The zero-order chi connectivity index (χ0) is 20.6. The summed E-state index contributed by atoms with van der Waals surface area (Å²) in [6, 6.07) is 5.72. The monoisotopic (exact) mass is 388 g/mol. The number of aliphatic imine (C=N–C) groups is 1. The molecule has 0 radical (unpaired) electrons. The number of hydrogen-bond donors (Lipinski definition) is 2. The molecule has 0 fully saturated rings. The minimum atomic E-state index is -0.428. The van der Waals surface area contributed by atoms with Crippen LogP contribution in [0.5, 0.6) is 5.75 Å².